The van der Waals surface area contributed by atoms with Crippen LogP contribution in [-0.2, 0) is 0 Å². The van der Waals surface area contributed by atoms with Crippen molar-refractivity contribution in [2.24, 2.45) is 0 Å². The molecule has 0 atom stereocenters. The lowest BCUT2D eigenvalue weighted by atomic mass is 10.6. The number of aromatic amines is 2. The number of imidazole rings is 1. The Morgan fingerprint density at radius 3 is 3.40 bits per heavy atom. The van der Waals surface area contributed by atoms with Crippen LogP contribution in [0.1, 0.15) is 1.37 Å². The Balaban J connectivity index is 3.02. The van der Waals surface area contributed by atoms with Crippen LogP contribution in [0.15, 0.2) is 12.5 Å². The van der Waals surface area contributed by atoms with E-state index in [4.69, 9.17) is 13.6 Å². The van der Waals surface area contributed by atoms with Gasteiger partial charge in [-0.2, -0.15) is 4.98 Å². The molecule has 0 fully saturated rings. The number of hydrogen-bond donors (Lipinski definition) is 2. The van der Waals surface area contributed by atoms with Gasteiger partial charge in [0.15, 0.2) is 10.4 Å². The Morgan fingerprint density at radius 1 is 1.60 bits per heavy atom. The molecule has 2 rings (SSSR count). The fraction of sp³-hybridized carbons (Fsp3) is 0. The number of nitrogens with one attached hydrogen (secondary N) is 2. The SMILES string of the molecule is [2H]c1[nH]c(=S)nc2nc[nH]c12. The summed E-state index contributed by atoms with van der Waals surface area (Å²) in [5, 5.41) is 0. The van der Waals surface area contributed by atoms with E-state index in [1.807, 2.05) is 0 Å². The molecule has 0 aliphatic rings. The quantitative estimate of drug-likeness (QED) is 0.555. The van der Waals surface area contributed by atoms with Crippen molar-refractivity contribution in [2.75, 3.05) is 0 Å². The molecule has 0 aliphatic heterocycles. The molecule has 2 aromatic heterocycles. The van der Waals surface area contributed by atoms with Gasteiger partial charge in [0.2, 0.25) is 0 Å². The van der Waals surface area contributed by atoms with E-state index in [9.17, 15) is 0 Å². The van der Waals surface area contributed by atoms with Gasteiger partial charge >= 0.3 is 0 Å². The van der Waals surface area contributed by atoms with E-state index in [1.54, 1.807) is 0 Å². The summed E-state index contributed by atoms with van der Waals surface area (Å²) in [6.45, 7) is 0. The Labute approximate surface area is 62.7 Å². The maximum Gasteiger partial charge on any atom is 0.198 e. The third-order valence-electron chi connectivity index (χ3n) is 1.12. The predicted molar refractivity (Wildman–Crippen MR) is 39.1 cm³/mol. The standard InChI is InChI=1S/C5H4N4S/c10-5-6-1-3-4(9-5)8-2-7-3/h1-2H,(H2,6,7,8,9,10)/i1D. The number of rotatable bonds is 0. The van der Waals surface area contributed by atoms with Gasteiger partial charge in [0.05, 0.1) is 7.70 Å². The van der Waals surface area contributed by atoms with E-state index in [2.05, 4.69) is 19.9 Å². The van der Waals surface area contributed by atoms with E-state index in [-0.39, 0.29) is 10.9 Å². The zero-order valence-corrected chi connectivity index (χ0v) is 5.70. The van der Waals surface area contributed by atoms with Gasteiger partial charge in [-0.3, -0.25) is 0 Å². The topological polar surface area (TPSA) is 57.4 Å². The number of hydrogen-bond acceptors (Lipinski definition) is 3. The molecule has 0 saturated carbocycles. The second-order valence-electron chi connectivity index (χ2n) is 1.77. The summed E-state index contributed by atoms with van der Waals surface area (Å²) < 4.78 is 7.67. The highest BCUT2D eigenvalue weighted by atomic mass is 32.1. The number of aromatic nitrogens is 4. The number of nitrogens with zero attached hydrogens (tertiary/aromatic N) is 2. The molecule has 4 nitrogen and oxygen atoms in total. The zero-order chi connectivity index (χ0) is 7.84. The Kier molecular flexibility index (Phi) is 0.857. The van der Waals surface area contributed by atoms with Crippen LogP contribution in [0.2, 0.25) is 0 Å². The minimum Gasteiger partial charge on any atom is -0.342 e. The maximum atomic E-state index is 7.39. The van der Waals surface area contributed by atoms with Crippen molar-refractivity contribution in [1.82, 2.24) is 19.9 Å². The molecule has 50 valence electrons. The highest BCUT2D eigenvalue weighted by Crippen LogP contribution is 2.00. The van der Waals surface area contributed by atoms with Crippen molar-refractivity contribution in [3.05, 3.63) is 17.3 Å². The van der Waals surface area contributed by atoms with Gasteiger partial charge in [-0.1, -0.05) is 0 Å². The zero-order valence-electron chi connectivity index (χ0n) is 5.88. The molecule has 2 aromatic rings. The summed E-state index contributed by atoms with van der Waals surface area (Å²) in [6, 6.07) is 0. The molecule has 5 heteroatoms. The van der Waals surface area contributed by atoms with Crippen LogP contribution in [-0.4, -0.2) is 19.9 Å². The molecular formula is C5H4N4S. The number of H-pyrrole nitrogens is 2. The second kappa shape index (κ2) is 1.88. The van der Waals surface area contributed by atoms with Crippen LogP contribution >= 0.6 is 12.2 Å². The molecule has 0 bridgehead atoms. The first-order valence-corrected chi connectivity index (χ1v) is 3.08. The maximum absolute atomic E-state index is 7.39. The summed E-state index contributed by atoms with van der Waals surface area (Å²) in [6.07, 6.45) is 1.70. The van der Waals surface area contributed by atoms with Gasteiger partial charge in [0.1, 0.15) is 5.52 Å². The van der Waals surface area contributed by atoms with Gasteiger partial charge in [-0.15, -0.1) is 0 Å². The van der Waals surface area contributed by atoms with Crippen LogP contribution in [0.25, 0.3) is 11.2 Å². The van der Waals surface area contributed by atoms with Gasteiger partial charge in [0.25, 0.3) is 0 Å². The minimum atomic E-state index is 0.220. The van der Waals surface area contributed by atoms with E-state index in [0.717, 1.165) is 0 Å². The average molecular weight is 153 g/mol. The van der Waals surface area contributed by atoms with Crippen molar-refractivity contribution in [3.8, 4) is 0 Å². The first kappa shape index (κ1) is 4.56. The first-order valence-electron chi connectivity index (χ1n) is 3.17. The summed E-state index contributed by atoms with van der Waals surface area (Å²) in [5.41, 5.74) is 1.07. The highest BCUT2D eigenvalue weighted by molar-refractivity contribution is 7.71. The van der Waals surface area contributed by atoms with Crippen LogP contribution in [0.3, 0.4) is 0 Å². The predicted octanol–water partition coefficient (Wildman–Crippen LogP) is 1.02. The van der Waals surface area contributed by atoms with Crippen LogP contribution < -0.4 is 0 Å². The Morgan fingerprint density at radius 2 is 2.50 bits per heavy atom. The molecule has 0 aliphatic carbocycles. The number of fused-ring (bicyclic) bond motifs is 1. The summed E-state index contributed by atoms with van der Waals surface area (Å²) in [5.74, 6) is 0. The molecule has 2 heterocycles. The lowest BCUT2D eigenvalue weighted by Gasteiger charge is -1.83. The smallest absolute Gasteiger partial charge is 0.198 e. The molecule has 0 unspecified atom stereocenters. The molecular weight excluding hydrogens is 148 g/mol. The fourth-order valence-corrected chi connectivity index (χ4v) is 0.841. The Hall–Kier alpha value is -1.23. The van der Waals surface area contributed by atoms with Crippen LogP contribution in [0.5, 0.6) is 0 Å². The normalized spacial score (nSPS) is 11.8. The average Bonchev–Trinajstić information content (AvgIpc) is 2.34. The van der Waals surface area contributed by atoms with Crippen molar-refractivity contribution in [3.63, 3.8) is 0 Å². The van der Waals surface area contributed by atoms with E-state index in [0.29, 0.717) is 11.2 Å². The molecule has 0 spiro atoms. The molecule has 0 aromatic carbocycles. The molecule has 0 saturated heterocycles. The monoisotopic (exact) mass is 153 g/mol. The molecule has 10 heavy (non-hydrogen) atoms. The lowest BCUT2D eigenvalue weighted by molar-refractivity contribution is 1.17. The summed E-state index contributed by atoms with van der Waals surface area (Å²) in [7, 11) is 0. The summed E-state index contributed by atoms with van der Waals surface area (Å²) in [4.78, 5) is 13.1. The highest BCUT2D eigenvalue weighted by Gasteiger charge is 1.92. The van der Waals surface area contributed by atoms with Crippen molar-refractivity contribution < 1.29 is 1.37 Å². The van der Waals surface area contributed by atoms with Gasteiger partial charge in [-0.25, -0.2) is 4.98 Å². The lowest BCUT2D eigenvalue weighted by Crippen LogP contribution is -1.80. The van der Waals surface area contributed by atoms with Gasteiger partial charge < -0.3 is 9.97 Å². The summed E-state index contributed by atoms with van der Waals surface area (Å²) >= 11 is 4.75. The molecule has 0 amide bonds. The van der Waals surface area contributed by atoms with Gasteiger partial charge in [0, 0.05) is 6.17 Å². The third-order valence-corrected chi connectivity index (χ3v) is 1.31. The van der Waals surface area contributed by atoms with Crippen molar-refractivity contribution in [1.29, 1.82) is 0 Å². The van der Waals surface area contributed by atoms with E-state index in [1.165, 1.54) is 6.33 Å². The fourth-order valence-electron chi connectivity index (χ4n) is 0.704. The van der Waals surface area contributed by atoms with Crippen molar-refractivity contribution in [2.45, 2.75) is 0 Å². The van der Waals surface area contributed by atoms with Crippen LogP contribution in [0.4, 0.5) is 0 Å². The van der Waals surface area contributed by atoms with Crippen LogP contribution in [0, 0.1) is 4.77 Å². The largest absolute Gasteiger partial charge is 0.342 e. The van der Waals surface area contributed by atoms with E-state index < -0.39 is 0 Å². The van der Waals surface area contributed by atoms with Crippen molar-refractivity contribution >= 4 is 23.4 Å². The van der Waals surface area contributed by atoms with Gasteiger partial charge in [-0.05, 0) is 12.2 Å². The Bertz CT molecular complexity index is 445. The minimum absolute atomic E-state index is 0.220. The molecule has 0 radical (unpaired) electrons. The van der Waals surface area contributed by atoms with E-state index >= 15 is 0 Å². The first-order chi connectivity index (χ1) is 5.27. The third kappa shape index (κ3) is 0.714. The second-order valence-corrected chi connectivity index (χ2v) is 2.15. The molecule has 2 N–H and O–H groups in total.